The van der Waals surface area contributed by atoms with E-state index in [1.165, 1.54) is 27.4 Å². The Kier molecular flexibility index (Phi) is 3.91. The summed E-state index contributed by atoms with van der Waals surface area (Å²) in [7, 11) is 0. The number of aryl methyl sites for hydroxylation is 2. The van der Waals surface area contributed by atoms with Crippen molar-refractivity contribution in [1.29, 1.82) is 0 Å². The second-order valence-electron chi connectivity index (χ2n) is 6.09. The maximum absolute atomic E-state index is 13.2. The quantitative estimate of drug-likeness (QED) is 0.592. The summed E-state index contributed by atoms with van der Waals surface area (Å²) in [5.41, 5.74) is 2.70. The number of carboxylic acid groups (broad SMARTS) is 1. The van der Waals surface area contributed by atoms with Crippen LogP contribution in [0.4, 0.5) is 4.39 Å². The van der Waals surface area contributed by atoms with Crippen LogP contribution in [0.15, 0.2) is 41.3 Å². The minimum atomic E-state index is -0.991. The number of aromatic nitrogens is 5. The van der Waals surface area contributed by atoms with Crippen molar-refractivity contribution in [3.63, 3.8) is 0 Å². The maximum atomic E-state index is 13.2. The smallest absolute Gasteiger partial charge is 0.305 e. The van der Waals surface area contributed by atoms with Gasteiger partial charge in [-0.2, -0.15) is 5.10 Å². The minimum absolute atomic E-state index is 0.0444. The van der Waals surface area contributed by atoms with Gasteiger partial charge in [0.05, 0.1) is 17.7 Å². The van der Waals surface area contributed by atoms with Crippen LogP contribution >= 0.6 is 0 Å². The number of aliphatic carboxylic acids is 1. The van der Waals surface area contributed by atoms with E-state index in [9.17, 15) is 14.0 Å². The summed E-state index contributed by atoms with van der Waals surface area (Å²) in [5.74, 6) is -1.33. The highest BCUT2D eigenvalue weighted by Crippen LogP contribution is 2.28. The van der Waals surface area contributed by atoms with Crippen LogP contribution in [0.3, 0.4) is 0 Å². The zero-order valence-electron chi connectivity index (χ0n) is 14.3. The third-order valence-corrected chi connectivity index (χ3v) is 4.33. The van der Waals surface area contributed by atoms with Crippen molar-refractivity contribution in [2.75, 3.05) is 0 Å². The Labute approximate surface area is 151 Å². The van der Waals surface area contributed by atoms with Crippen LogP contribution in [-0.2, 0) is 11.3 Å². The van der Waals surface area contributed by atoms with Crippen molar-refractivity contribution in [3.05, 3.63) is 58.4 Å². The van der Waals surface area contributed by atoms with E-state index in [1.807, 2.05) is 0 Å². The number of hydrogen-bond acceptors (Lipinski definition) is 5. The van der Waals surface area contributed by atoms with Crippen LogP contribution < -0.4 is 5.56 Å². The first kappa shape index (κ1) is 16.8. The second-order valence-corrected chi connectivity index (χ2v) is 6.09. The van der Waals surface area contributed by atoms with E-state index in [0.717, 1.165) is 5.56 Å². The summed E-state index contributed by atoms with van der Waals surface area (Å²) in [6.45, 7) is 1.84. The van der Waals surface area contributed by atoms with Crippen LogP contribution in [0, 0.1) is 12.7 Å². The van der Waals surface area contributed by atoms with Crippen LogP contribution in [0.25, 0.3) is 27.8 Å². The molecule has 0 unspecified atom stereocenters. The number of rotatable bonds is 4. The number of carbonyl (C=O) groups is 1. The van der Waals surface area contributed by atoms with Gasteiger partial charge in [-0.15, -0.1) is 10.2 Å². The molecule has 4 rings (SSSR count). The Hall–Kier alpha value is -3.62. The molecule has 9 heteroatoms. The molecule has 0 saturated carbocycles. The molecule has 0 amide bonds. The van der Waals surface area contributed by atoms with E-state index in [2.05, 4.69) is 15.3 Å². The molecule has 8 nitrogen and oxygen atoms in total. The van der Waals surface area contributed by atoms with Crippen molar-refractivity contribution in [1.82, 2.24) is 24.4 Å². The van der Waals surface area contributed by atoms with Gasteiger partial charge in [-0.25, -0.2) is 8.91 Å². The Bertz CT molecular complexity index is 1240. The van der Waals surface area contributed by atoms with Gasteiger partial charge in [0.1, 0.15) is 11.3 Å². The first-order valence-corrected chi connectivity index (χ1v) is 8.18. The third kappa shape index (κ3) is 2.82. The fourth-order valence-corrected chi connectivity index (χ4v) is 3.04. The Morgan fingerprint density at radius 1 is 1.19 bits per heavy atom. The van der Waals surface area contributed by atoms with Crippen LogP contribution in [-0.4, -0.2) is 35.5 Å². The minimum Gasteiger partial charge on any atom is -0.481 e. The van der Waals surface area contributed by atoms with Crippen molar-refractivity contribution < 1.29 is 14.3 Å². The highest BCUT2D eigenvalue weighted by molar-refractivity contribution is 5.84. The van der Waals surface area contributed by atoms with E-state index >= 15 is 0 Å². The number of carboxylic acids is 1. The molecule has 3 aromatic heterocycles. The van der Waals surface area contributed by atoms with Crippen molar-refractivity contribution in [2.24, 2.45) is 0 Å². The van der Waals surface area contributed by atoms with Gasteiger partial charge in [0, 0.05) is 12.7 Å². The SMILES string of the molecule is Cc1nn2c(nnc3c(=O)n(CCC(=O)O)ccc32)c1-c1ccc(F)cc1. The Balaban J connectivity index is 1.91. The molecule has 1 N–H and O–H groups in total. The number of benzene rings is 1. The molecule has 0 aliphatic carbocycles. The van der Waals surface area contributed by atoms with Gasteiger partial charge in [-0.1, -0.05) is 12.1 Å². The van der Waals surface area contributed by atoms with Gasteiger partial charge in [-0.3, -0.25) is 9.59 Å². The molecule has 136 valence electrons. The van der Waals surface area contributed by atoms with Crippen molar-refractivity contribution >= 4 is 22.6 Å². The molecule has 0 fully saturated rings. The number of nitrogens with zero attached hydrogens (tertiary/aromatic N) is 5. The zero-order chi connectivity index (χ0) is 19.1. The molecule has 0 radical (unpaired) electrons. The molecule has 4 aromatic rings. The summed E-state index contributed by atoms with van der Waals surface area (Å²) in [6.07, 6.45) is 1.35. The van der Waals surface area contributed by atoms with Crippen LogP contribution in [0.5, 0.6) is 0 Å². The highest BCUT2D eigenvalue weighted by Gasteiger charge is 2.17. The molecule has 0 spiro atoms. The lowest BCUT2D eigenvalue weighted by atomic mass is 10.1. The van der Waals surface area contributed by atoms with E-state index in [-0.39, 0.29) is 24.3 Å². The van der Waals surface area contributed by atoms with Gasteiger partial charge >= 0.3 is 5.97 Å². The third-order valence-electron chi connectivity index (χ3n) is 4.33. The lowest BCUT2D eigenvalue weighted by Crippen LogP contribution is -2.22. The summed E-state index contributed by atoms with van der Waals surface area (Å²) in [6, 6.07) is 7.63. The molecular weight excluding hydrogens is 353 g/mol. The van der Waals surface area contributed by atoms with Gasteiger partial charge in [-0.05, 0) is 30.7 Å². The number of halogens is 1. The predicted molar refractivity (Wildman–Crippen MR) is 94.9 cm³/mol. The average molecular weight is 367 g/mol. The second kappa shape index (κ2) is 6.27. The zero-order valence-corrected chi connectivity index (χ0v) is 14.3. The fraction of sp³-hybridized carbons (Fsp3) is 0.167. The van der Waals surface area contributed by atoms with Gasteiger partial charge in [0.15, 0.2) is 11.2 Å². The summed E-state index contributed by atoms with van der Waals surface area (Å²) in [5, 5.41) is 21.5. The highest BCUT2D eigenvalue weighted by atomic mass is 19.1. The lowest BCUT2D eigenvalue weighted by molar-refractivity contribution is -0.137. The molecule has 0 aliphatic heterocycles. The van der Waals surface area contributed by atoms with E-state index in [0.29, 0.717) is 22.4 Å². The van der Waals surface area contributed by atoms with Gasteiger partial charge in [0.2, 0.25) is 0 Å². The molecule has 3 heterocycles. The summed E-state index contributed by atoms with van der Waals surface area (Å²) < 4.78 is 16.0. The van der Waals surface area contributed by atoms with Crippen LogP contribution in [0.2, 0.25) is 0 Å². The lowest BCUT2D eigenvalue weighted by Gasteiger charge is -2.06. The van der Waals surface area contributed by atoms with E-state index in [4.69, 9.17) is 5.11 Å². The number of pyridine rings is 1. The normalized spacial score (nSPS) is 11.3. The monoisotopic (exact) mass is 367 g/mol. The van der Waals surface area contributed by atoms with Gasteiger partial charge in [0.25, 0.3) is 5.56 Å². The molecule has 27 heavy (non-hydrogen) atoms. The summed E-state index contributed by atoms with van der Waals surface area (Å²) >= 11 is 0. The van der Waals surface area contributed by atoms with E-state index < -0.39 is 11.5 Å². The molecule has 0 atom stereocenters. The van der Waals surface area contributed by atoms with Crippen molar-refractivity contribution in [2.45, 2.75) is 19.9 Å². The number of hydrogen-bond donors (Lipinski definition) is 1. The van der Waals surface area contributed by atoms with E-state index in [1.54, 1.807) is 25.1 Å². The summed E-state index contributed by atoms with van der Waals surface area (Å²) in [4.78, 5) is 23.3. The van der Waals surface area contributed by atoms with Crippen molar-refractivity contribution in [3.8, 4) is 11.1 Å². The molecule has 1 aromatic carbocycles. The maximum Gasteiger partial charge on any atom is 0.305 e. The molecular formula is C18H14FN5O3. The van der Waals surface area contributed by atoms with Crippen LogP contribution in [0.1, 0.15) is 12.1 Å². The van der Waals surface area contributed by atoms with Gasteiger partial charge < -0.3 is 9.67 Å². The predicted octanol–water partition coefficient (Wildman–Crippen LogP) is 2.03. The largest absolute Gasteiger partial charge is 0.481 e. The molecule has 0 aliphatic rings. The topological polar surface area (TPSA) is 102 Å². The first-order chi connectivity index (χ1) is 13.0. The molecule has 0 bridgehead atoms. The Morgan fingerprint density at radius 2 is 1.93 bits per heavy atom. The Morgan fingerprint density at radius 3 is 2.63 bits per heavy atom. The molecule has 0 saturated heterocycles. The standard InChI is InChI=1S/C18H14FN5O3/c1-10-15(11-2-4-12(19)5-3-11)17-21-20-16-13(24(17)22-10)6-8-23(18(16)27)9-7-14(25)26/h2-6,8H,7,9H2,1H3,(H,25,26). The fourth-order valence-electron chi connectivity index (χ4n) is 3.04. The first-order valence-electron chi connectivity index (χ1n) is 8.18. The number of fused-ring (bicyclic) bond motifs is 3. The average Bonchev–Trinajstić information content (AvgIpc) is 2.98.